The zero-order chi connectivity index (χ0) is 15.0. The number of benzene rings is 1. The third kappa shape index (κ3) is 5.11. The van der Waals surface area contributed by atoms with E-state index in [0.29, 0.717) is 5.56 Å². The van der Waals surface area contributed by atoms with Crippen LogP contribution >= 0.6 is 0 Å². The van der Waals surface area contributed by atoms with Crippen molar-refractivity contribution in [2.24, 2.45) is 5.28 Å². The summed E-state index contributed by atoms with van der Waals surface area (Å²) in [7, 11) is 1.43. The van der Waals surface area contributed by atoms with Crippen LogP contribution in [-0.4, -0.2) is 47.5 Å². The molecule has 20 heavy (non-hydrogen) atoms. The first kappa shape index (κ1) is 15.7. The molecule has 0 aromatic heterocycles. The molecule has 0 heterocycles. The number of hydrogen-bond acceptors (Lipinski definition) is 6. The molecule has 0 aliphatic rings. The lowest BCUT2D eigenvalue weighted by Gasteiger charge is -2.13. The van der Waals surface area contributed by atoms with E-state index in [1.54, 1.807) is 30.3 Å². The molecular formula is C12H17N3O5. The summed E-state index contributed by atoms with van der Waals surface area (Å²) >= 11 is 0. The first-order valence-electron chi connectivity index (χ1n) is 5.96. The molecule has 1 aromatic rings. The fourth-order valence-electron chi connectivity index (χ4n) is 1.21. The van der Waals surface area contributed by atoms with E-state index in [0.717, 1.165) is 5.01 Å². The number of hydrogen-bond donors (Lipinski definition) is 1. The number of likely N-dealkylation sites (N-methyl/N-ethyl adjacent to an activating group) is 1. The summed E-state index contributed by atoms with van der Waals surface area (Å²) in [6, 6.07) is 8.38. The minimum Gasteiger partial charge on any atom is -0.569 e. The third-order valence-corrected chi connectivity index (χ3v) is 2.26. The van der Waals surface area contributed by atoms with Gasteiger partial charge in [-0.15, -0.1) is 5.01 Å². The summed E-state index contributed by atoms with van der Waals surface area (Å²) in [6.07, 6.45) is -1.01. The average Bonchev–Trinajstić information content (AvgIpc) is 2.45. The van der Waals surface area contributed by atoms with Gasteiger partial charge >= 0.3 is 5.97 Å². The zero-order valence-electron chi connectivity index (χ0n) is 11.3. The van der Waals surface area contributed by atoms with Gasteiger partial charge in [0.15, 0.2) is 0 Å². The largest absolute Gasteiger partial charge is 0.569 e. The lowest BCUT2D eigenvalue weighted by Crippen LogP contribution is -2.29. The Balaban J connectivity index is 2.46. The molecule has 8 heteroatoms. The molecule has 110 valence electrons. The van der Waals surface area contributed by atoms with E-state index >= 15 is 0 Å². The van der Waals surface area contributed by atoms with Crippen molar-refractivity contribution < 1.29 is 24.4 Å². The molecule has 1 aromatic carbocycles. The Morgan fingerprint density at radius 3 is 2.75 bits per heavy atom. The molecule has 1 N–H and O–H groups in total. The topological polar surface area (TPSA) is 97.4 Å². The molecule has 1 unspecified atom stereocenters. The number of aliphatic hydroxyl groups is 1. The number of nitrogens with zero attached hydrogens (tertiary/aromatic N) is 3. The average molecular weight is 283 g/mol. The monoisotopic (exact) mass is 283 g/mol. The summed E-state index contributed by atoms with van der Waals surface area (Å²) in [5.41, 5.74) is 0.374. The molecule has 0 saturated carbocycles. The van der Waals surface area contributed by atoms with Crippen LogP contribution in [0.4, 0.5) is 0 Å². The Bertz CT molecular complexity index is 452. The maximum atomic E-state index is 11.7. The van der Waals surface area contributed by atoms with Gasteiger partial charge in [0.2, 0.25) is 5.28 Å². The number of carbonyl (C=O) groups excluding carboxylic acids is 1. The molecule has 0 aliphatic heterocycles. The molecule has 0 saturated heterocycles. The van der Waals surface area contributed by atoms with Gasteiger partial charge in [-0.2, -0.15) is 0 Å². The Morgan fingerprint density at radius 1 is 1.50 bits per heavy atom. The molecule has 1 rings (SSSR count). The summed E-state index contributed by atoms with van der Waals surface area (Å²) in [5.74, 6) is -0.575. The van der Waals surface area contributed by atoms with Crippen molar-refractivity contribution in [3.63, 3.8) is 0 Å². The first-order valence-corrected chi connectivity index (χ1v) is 5.96. The summed E-state index contributed by atoms with van der Waals surface area (Å²) in [6.45, 7) is 1.35. The smallest absolute Gasteiger partial charge is 0.341 e. The van der Waals surface area contributed by atoms with Gasteiger partial charge in [0.1, 0.15) is 0 Å². The van der Waals surface area contributed by atoms with E-state index < -0.39 is 12.3 Å². The minimum atomic E-state index is -1.01. The van der Waals surface area contributed by atoms with Crippen LogP contribution in [-0.2, 0) is 9.57 Å². The van der Waals surface area contributed by atoms with Gasteiger partial charge in [0, 0.05) is 6.92 Å². The second-order valence-corrected chi connectivity index (χ2v) is 3.88. The van der Waals surface area contributed by atoms with Crippen LogP contribution in [0.15, 0.2) is 35.6 Å². The van der Waals surface area contributed by atoms with E-state index in [9.17, 15) is 10.0 Å². The van der Waals surface area contributed by atoms with Crippen molar-refractivity contribution in [3.8, 4) is 0 Å². The third-order valence-electron chi connectivity index (χ3n) is 2.26. The van der Waals surface area contributed by atoms with Crippen LogP contribution in [0.25, 0.3) is 0 Å². The molecule has 0 amide bonds. The number of rotatable bonds is 7. The highest BCUT2D eigenvalue weighted by atomic mass is 16.8. The van der Waals surface area contributed by atoms with E-state index in [1.807, 2.05) is 0 Å². The number of carbonyl (C=O) groups is 1. The second kappa shape index (κ2) is 7.95. The second-order valence-electron chi connectivity index (χ2n) is 3.88. The molecule has 0 spiro atoms. The number of ether oxygens (including phenoxy) is 1. The summed E-state index contributed by atoms with van der Waals surface area (Å²) in [4.78, 5) is 16.5. The lowest BCUT2D eigenvalue weighted by atomic mass is 10.2. The minimum absolute atomic E-state index is 0.106. The Kier molecular flexibility index (Phi) is 6.24. The number of hydrazine groups is 1. The fourth-order valence-corrected chi connectivity index (χ4v) is 1.21. The molecule has 1 atom stereocenters. The molecule has 0 aliphatic carbocycles. The molecular weight excluding hydrogens is 266 g/mol. The SMILES string of the molecule is CC(O/N=[N+](/[O-])N(C)CCO)OC(=O)c1ccccc1. The molecule has 0 fully saturated rings. The van der Waals surface area contributed by atoms with Crippen LogP contribution in [0.3, 0.4) is 0 Å². The van der Waals surface area contributed by atoms with Gasteiger partial charge in [-0.25, -0.2) is 4.79 Å². The van der Waals surface area contributed by atoms with Crippen molar-refractivity contribution in [3.05, 3.63) is 41.1 Å². The zero-order valence-corrected chi connectivity index (χ0v) is 11.3. The number of esters is 1. The van der Waals surface area contributed by atoms with Crippen LogP contribution < -0.4 is 0 Å². The fraction of sp³-hybridized carbons (Fsp3) is 0.417. The standard InChI is InChI=1S/C12H17N3O5/c1-10(20-13-15(18)14(2)8-9-16)19-12(17)11-6-4-3-5-7-11/h3-7,10,16H,8-9H2,1-2H3/b15-13+. The Morgan fingerprint density at radius 2 is 2.15 bits per heavy atom. The van der Waals surface area contributed by atoms with Crippen LogP contribution in [0.5, 0.6) is 0 Å². The van der Waals surface area contributed by atoms with Gasteiger partial charge in [-0.1, -0.05) is 18.2 Å². The maximum absolute atomic E-state index is 11.7. The van der Waals surface area contributed by atoms with Crippen molar-refractivity contribution in [2.45, 2.75) is 13.2 Å². The van der Waals surface area contributed by atoms with Crippen molar-refractivity contribution in [1.29, 1.82) is 0 Å². The van der Waals surface area contributed by atoms with Gasteiger partial charge in [-0.05, 0) is 12.1 Å². The van der Waals surface area contributed by atoms with Gasteiger partial charge in [0.25, 0.3) is 6.29 Å². The lowest BCUT2D eigenvalue weighted by molar-refractivity contribution is -0.707. The highest BCUT2D eigenvalue weighted by Crippen LogP contribution is 2.05. The maximum Gasteiger partial charge on any atom is 0.341 e. The summed E-state index contributed by atoms with van der Waals surface area (Å²) < 4.78 is 4.94. The normalized spacial score (nSPS) is 12.7. The van der Waals surface area contributed by atoms with Gasteiger partial charge < -0.3 is 15.1 Å². The first-order chi connectivity index (χ1) is 9.54. The molecule has 8 nitrogen and oxygen atoms in total. The Hall–Kier alpha value is -2.35. The van der Waals surface area contributed by atoms with Gasteiger partial charge in [0.05, 0.1) is 30.7 Å². The van der Waals surface area contributed by atoms with Crippen molar-refractivity contribution >= 4 is 5.97 Å². The van der Waals surface area contributed by atoms with Crippen LogP contribution in [0.2, 0.25) is 0 Å². The highest BCUT2D eigenvalue weighted by Gasteiger charge is 2.14. The van der Waals surface area contributed by atoms with Crippen molar-refractivity contribution in [1.82, 2.24) is 5.01 Å². The van der Waals surface area contributed by atoms with Crippen LogP contribution in [0.1, 0.15) is 17.3 Å². The Labute approximate surface area is 116 Å². The molecule has 0 radical (unpaired) electrons. The van der Waals surface area contributed by atoms with E-state index in [2.05, 4.69) is 5.28 Å². The quantitative estimate of drug-likeness (QED) is 0.263. The number of aliphatic hydroxyl groups excluding tert-OH is 1. The van der Waals surface area contributed by atoms with Crippen LogP contribution in [0, 0.1) is 5.21 Å². The van der Waals surface area contributed by atoms with E-state index in [1.165, 1.54) is 14.0 Å². The predicted molar refractivity (Wildman–Crippen MR) is 68.2 cm³/mol. The van der Waals surface area contributed by atoms with E-state index in [-0.39, 0.29) is 18.1 Å². The molecule has 0 bridgehead atoms. The van der Waals surface area contributed by atoms with Gasteiger partial charge in [-0.3, -0.25) is 4.84 Å². The highest BCUT2D eigenvalue weighted by molar-refractivity contribution is 5.89. The van der Waals surface area contributed by atoms with Crippen molar-refractivity contribution in [2.75, 3.05) is 20.2 Å². The summed E-state index contributed by atoms with van der Waals surface area (Å²) in [5, 5.41) is 24.2. The predicted octanol–water partition coefficient (Wildman–Crippen LogP) is 0.923. The van der Waals surface area contributed by atoms with E-state index in [4.69, 9.17) is 14.7 Å².